The Bertz CT molecular complexity index is 567. The number of rotatable bonds is 1. The zero-order chi connectivity index (χ0) is 11.8. The van der Waals surface area contributed by atoms with Gasteiger partial charge < -0.3 is 5.73 Å². The van der Waals surface area contributed by atoms with E-state index in [1.807, 2.05) is 17.8 Å². The molecule has 1 saturated heterocycles. The average Bonchev–Trinajstić information content (AvgIpc) is 2.83. The summed E-state index contributed by atoms with van der Waals surface area (Å²) in [6.07, 6.45) is 2.25. The fourth-order valence-electron chi connectivity index (χ4n) is 2.20. The second kappa shape index (κ2) is 4.14. The van der Waals surface area contributed by atoms with Crippen molar-refractivity contribution in [1.82, 2.24) is 9.97 Å². The van der Waals surface area contributed by atoms with Crippen LogP contribution in [-0.2, 0) is 0 Å². The molecule has 0 amide bonds. The summed E-state index contributed by atoms with van der Waals surface area (Å²) >= 11 is 1.86. The molecule has 17 heavy (non-hydrogen) atoms. The number of aromatic nitrogens is 2. The molecule has 1 fully saturated rings. The highest BCUT2D eigenvalue weighted by Crippen LogP contribution is 2.41. The first-order valence-electron chi connectivity index (χ1n) is 5.59. The molecular formula is C12H12FN3S. The third-order valence-corrected chi connectivity index (χ3v) is 4.34. The molecule has 1 atom stereocenters. The Kier molecular flexibility index (Phi) is 2.63. The number of nitrogen functional groups attached to an aromatic ring is 1. The molecule has 1 aromatic heterocycles. The average molecular weight is 249 g/mol. The second-order valence-corrected chi connectivity index (χ2v) is 5.42. The molecule has 0 spiro atoms. The Morgan fingerprint density at radius 3 is 3.00 bits per heavy atom. The number of nitrogens with two attached hydrogens (primary N) is 1. The highest BCUT2D eigenvalue weighted by molar-refractivity contribution is 7.99. The first-order chi connectivity index (χ1) is 8.25. The Morgan fingerprint density at radius 1 is 1.35 bits per heavy atom. The lowest BCUT2D eigenvalue weighted by Gasteiger charge is -2.11. The summed E-state index contributed by atoms with van der Waals surface area (Å²) in [7, 11) is 0. The number of para-hydroxylation sites is 1. The van der Waals surface area contributed by atoms with Gasteiger partial charge in [-0.1, -0.05) is 12.1 Å². The molecule has 1 aliphatic rings. The Labute approximate surface area is 103 Å². The summed E-state index contributed by atoms with van der Waals surface area (Å²) < 4.78 is 13.7. The molecule has 3 rings (SSSR count). The van der Waals surface area contributed by atoms with Crippen LogP contribution in [0.3, 0.4) is 0 Å². The van der Waals surface area contributed by atoms with E-state index in [4.69, 9.17) is 5.73 Å². The molecule has 5 heteroatoms. The highest BCUT2D eigenvalue weighted by atomic mass is 32.2. The summed E-state index contributed by atoms with van der Waals surface area (Å²) in [5.74, 6) is 0.955. The van der Waals surface area contributed by atoms with Crippen molar-refractivity contribution in [3.63, 3.8) is 0 Å². The molecule has 0 bridgehead atoms. The topological polar surface area (TPSA) is 51.8 Å². The molecule has 2 heterocycles. The summed E-state index contributed by atoms with van der Waals surface area (Å²) in [6.45, 7) is 0. The lowest BCUT2D eigenvalue weighted by Crippen LogP contribution is -2.03. The fourth-order valence-corrected chi connectivity index (χ4v) is 3.49. The van der Waals surface area contributed by atoms with Gasteiger partial charge in [-0.3, -0.25) is 0 Å². The first-order valence-corrected chi connectivity index (χ1v) is 6.64. The Hall–Kier alpha value is -1.36. The molecule has 0 radical (unpaired) electrons. The van der Waals surface area contributed by atoms with Gasteiger partial charge in [0.1, 0.15) is 11.3 Å². The maximum atomic E-state index is 13.7. The molecule has 88 valence electrons. The normalized spacial score (nSPS) is 19.9. The van der Waals surface area contributed by atoms with Crippen molar-refractivity contribution in [2.24, 2.45) is 0 Å². The van der Waals surface area contributed by atoms with Crippen molar-refractivity contribution < 1.29 is 4.39 Å². The number of nitrogens with zero attached hydrogens (tertiary/aromatic N) is 2. The smallest absolute Gasteiger partial charge is 0.220 e. The van der Waals surface area contributed by atoms with E-state index in [1.165, 1.54) is 12.5 Å². The minimum Gasteiger partial charge on any atom is -0.368 e. The molecule has 0 saturated carbocycles. The molecule has 3 nitrogen and oxygen atoms in total. The minimum absolute atomic E-state index is 0.158. The maximum Gasteiger partial charge on any atom is 0.220 e. The summed E-state index contributed by atoms with van der Waals surface area (Å²) in [6, 6.07) is 4.97. The monoisotopic (exact) mass is 249 g/mol. The molecule has 0 aliphatic carbocycles. The van der Waals surface area contributed by atoms with Crippen LogP contribution in [0.5, 0.6) is 0 Å². The van der Waals surface area contributed by atoms with Gasteiger partial charge in [-0.15, -0.1) is 0 Å². The SMILES string of the molecule is Nc1nc(C2CCCS2)c2cccc(F)c2n1. The van der Waals surface area contributed by atoms with E-state index in [9.17, 15) is 4.39 Å². The number of thioether (sulfide) groups is 1. The Morgan fingerprint density at radius 2 is 2.24 bits per heavy atom. The van der Waals surface area contributed by atoms with Crippen LogP contribution in [0.1, 0.15) is 23.8 Å². The predicted octanol–water partition coefficient (Wildman–Crippen LogP) is 2.92. The van der Waals surface area contributed by atoms with Crippen molar-refractivity contribution in [1.29, 1.82) is 0 Å². The summed E-state index contributed by atoms with van der Waals surface area (Å²) in [4.78, 5) is 8.29. The van der Waals surface area contributed by atoms with Gasteiger partial charge >= 0.3 is 0 Å². The largest absolute Gasteiger partial charge is 0.368 e. The van der Waals surface area contributed by atoms with Gasteiger partial charge in [-0.05, 0) is 24.7 Å². The van der Waals surface area contributed by atoms with Gasteiger partial charge in [0.2, 0.25) is 5.95 Å². The molecule has 1 aliphatic heterocycles. The number of fused-ring (bicyclic) bond motifs is 1. The van der Waals surface area contributed by atoms with Crippen molar-refractivity contribution in [2.45, 2.75) is 18.1 Å². The second-order valence-electron chi connectivity index (χ2n) is 4.10. The zero-order valence-electron chi connectivity index (χ0n) is 9.19. The first kappa shape index (κ1) is 10.8. The zero-order valence-corrected chi connectivity index (χ0v) is 10.0. The number of hydrogen-bond donors (Lipinski definition) is 1. The lowest BCUT2D eigenvalue weighted by molar-refractivity contribution is 0.636. The maximum absolute atomic E-state index is 13.7. The third kappa shape index (κ3) is 1.84. The van der Waals surface area contributed by atoms with E-state index in [0.29, 0.717) is 10.8 Å². The lowest BCUT2D eigenvalue weighted by atomic mass is 10.1. The van der Waals surface area contributed by atoms with Crippen LogP contribution in [0, 0.1) is 5.82 Å². The van der Waals surface area contributed by atoms with Crippen LogP contribution in [0.15, 0.2) is 18.2 Å². The molecule has 1 unspecified atom stereocenters. The van der Waals surface area contributed by atoms with Crippen molar-refractivity contribution >= 4 is 28.6 Å². The van der Waals surface area contributed by atoms with Gasteiger partial charge in [0.15, 0.2) is 0 Å². The number of halogens is 1. The van der Waals surface area contributed by atoms with Crippen LogP contribution in [0.4, 0.5) is 10.3 Å². The van der Waals surface area contributed by atoms with Crippen LogP contribution < -0.4 is 5.73 Å². The van der Waals surface area contributed by atoms with Crippen molar-refractivity contribution in [2.75, 3.05) is 11.5 Å². The predicted molar refractivity (Wildman–Crippen MR) is 68.3 cm³/mol. The minimum atomic E-state index is -0.333. The van der Waals surface area contributed by atoms with E-state index in [0.717, 1.165) is 23.3 Å². The summed E-state index contributed by atoms with van der Waals surface area (Å²) in [5.41, 5.74) is 6.88. The van der Waals surface area contributed by atoms with Gasteiger partial charge in [-0.2, -0.15) is 11.8 Å². The van der Waals surface area contributed by atoms with Crippen LogP contribution in [0.2, 0.25) is 0 Å². The van der Waals surface area contributed by atoms with E-state index in [2.05, 4.69) is 9.97 Å². The Balaban J connectivity index is 2.25. The third-order valence-electron chi connectivity index (χ3n) is 2.96. The molecule has 2 N–H and O–H groups in total. The van der Waals surface area contributed by atoms with Crippen molar-refractivity contribution in [3.05, 3.63) is 29.7 Å². The molecule has 1 aromatic carbocycles. The van der Waals surface area contributed by atoms with Gasteiger partial charge in [0.25, 0.3) is 0 Å². The standard InChI is InChI=1S/C12H12FN3S/c13-8-4-1-3-7-10(8)15-12(14)16-11(7)9-5-2-6-17-9/h1,3-4,9H,2,5-6H2,(H2,14,15,16). The fraction of sp³-hybridized carbons (Fsp3) is 0.333. The van der Waals surface area contributed by atoms with Gasteiger partial charge in [0.05, 0.1) is 5.69 Å². The van der Waals surface area contributed by atoms with E-state index in [-0.39, 0.29) is 11.8 Å². The van der Waals surface area contributed by atoms with E-state index < -0.39 is 0 Å². The van der Waals surface area contributed by atoms with Gasteiger partial charge in [-0.25, -0.2) is 14.4 Å². The summed E-state index contributed by atoms with van der Waals surface area (Å²) in [5, 5.41) is 1.11. The van der Waals surface area contributed by atoms with Crippen LogP contribution >= 0.6 is 11.8 Å². The van der Waals surface area contributed by atoms with E-state index in [1.54, 1.807) is 6.07 Å². The van der Waals surface area contributed by atoms with Crippen LogP contribution in [0.25, 0.3) is 10.9 Å². The quantitative estimate of drug-likeness (QED) is 0.844. The molecule has 2 aromatic rings. The van der Waals surface area contributed by atoms with E-state index >= 15 is 0 Å². The highest BCUT2D eigenvalue weighted by Gasteiger charge is 2.22. The van der Waals surface area contributed by atoms with Crippen LogP contribution in [-0.4, -0.2) is 15.7 Å². The number of hydrogen-bond acceptors (Lipinski definition) is 4. The van der Waals surface area contributed by atoms with Gasteiger partial charge in [0, 0.05) is 10.6 Å². The molecular weight excluding hydrogens is 237 g/mol. The number of benzene rings is 1. The van der Waals surface area contributed by atoms with Crippen molar-refractivity contribution in [3.8, 4) is 0 Å². The number of anilines is 1.